The summed E-state index contributed by atoms with van der Waals surface area (Å²) in [6, 6.07) is 4.63. The summed E-state index contributed by atoms with van der Waals surface area (Å²) in [4.78, 5) is 15.0. The Labute approximate surface area is 135 Å². The molecule has 1 aliphatic heterocycles. The number of aromatic carboxylic acids is 1. The van der Waals surface area contributed by atoms with Gasteiger partial charge in [-0.3, -0.25) is 0 Å². The van der Waals surface area contributed by atoms with Crippen LogP contribution in [0.3, 0.4) is 0 Å². The molecule has 0 amide bonds. The van der Waals surface area contributed by atoms with Gasteiger partial charge in [0.15, 0.2) is 23.0 Å². The highest BCUT2D eigenvalue weighted by molar-refractivity contribution is 6.35. The second kappa shape index (κ2) is 4.99. The van der Waals surface area contributed by atoms with Crippen LogP contribution in [0, 0.1) is 5.82 Å². The molecule has 0 spiro atoms. The lowest BCUT2D eigenvalue weighted by atomic mass is 10.1. The average Bonchev–Trinajstić information content (AvgIpc) is 2.77. The van der Waals surface area contributed by atoms with E-state index < -0.39 is 34.0 Å². The average molecular weight is 339 g/mol. The molecule has 3 rings (SSSR count). The van der Waals surface area contributed by atoms with Crippen LogP contribution in [0.5, 0.6) is 11.5 Å². The van der Waals surface area contributed by atoms with Crippen molar-refractivity contribution in [1.82, 2.24) is 4.98 Å². The summed E-state index contributed by atoms with van der Waals surface area (Å²) in [7, 11) is 0. The number of carbonyl (C=O) groups is 1. The summed E-state index contributed by atoms with van der Waals surface area (Å²) in [6.07, 6.45) is 0. The zero-order chi connectivity index (χ0) is 16.9. The molecule has 23 heavy (non-hydrogen) atoms. The van der Waals surface area contributed by atoms with E-state index in [1.54, 1.807) is 19.9 Å². The number of fused-ring (bicyclic) bond motifs is 1. The Kier molecular flexibility index (Phi) is 3.33. The topological polar surface area (TPSA) is 94.7 Å². The van der Waals surface area contributed by atoms with Gasteiger partial charge in [0.25, 0.3) is 0 Å². The lowest BCUT2D eigenvalue weighted by Gasteiger charge is -2.16. The number of nitrogen functional groups attached to an aromatic ring is 1. The smallest absolute Gasteiger partial charge is 0.356 e. The number of carboxylic acids is 1. The minimum Gasteiger partial charge on any atom is -0.476 e. The van der Waals surface area contributed by atoms with Crippen molar-refractivity contribution in [1.29, 1.82) is 0 Å². The standard InChI is InChI=1S/C15H12ClFN2O4/c1-15(2)22-7-4-3-6(5-8(7)23-15)12-10(17)11(18)9(16)13(19-12)14(20)21/h3-5H,1-2H3,(H2,18,19)(H,20,21). The monoisotopic (exact) mass is 338 g/mol. The van der Waals surface area contributed by atoms with Crippen molar-refractivity contribution in [2.75, 3.05) is 5.73 Å². The molecule has 2 heterocycles. The molecule has 0 aliphatic carbocycles. The predicted octanol–water partition coefficient (Wildman–Crippen LogP) is 3.33. The van der Waals surface area contributed by atoms with E-state index in [4.69, 9.17) is 31.9 Å². The molecule has 6 nitrogen and oxygen atoms in total. The number of pyridine rings is 1. The fourth-order valence-electron chi connectivity index (χ4n) is 2.26. The quantitative estimate of drug-likeness (QED) is 0.872. The molecule has 0 atom stereocenters. The molecular weight excluding hydrogens is 327 g/mol. The van der Waals surface area contributed by atoms with Crippen molar-refractivity contribution < 1.29 is 23.8 Å². The maximum atomic E-state index is 14.4. The zero-order valence-electron chi connectivity index (χ0n) is 12.2. The number of halogens is 2. The molecule has 1 aliphatic rings. The van der Waals surface area contributed by atoms with Crippen molar-refractivity contribution in [2.45, 2.75) is 19.6 Å². The summed E-state index contributed by atoms with van der Waals surface area (Å²) < 4.78 is 25.5. The van der Waals surface area contributed by atoms with Gasteiger partial charge in [0.05, 0.1) is 10.7 Å². The Morgan fingerprint density at radius 3 is 2.65 bits per heavy atom. The van der Waals surface area contributed by atoms with E-state index in [2.05, 4.69) is 4.98 Å². The van der Waals surface area contributed by atoms with Crippen LogP contribution in [0.1, 0.15) is 24.3 Å². The van der Waals surface area contributed by atoms with E-state index in [9.17, 15) is 9.18 Å². The minimum atomic E-state index is -1.40. The number of hydrogen-bond acceptors (Lipinski definition) is 5. The molecule has 0 saturated carbocycles. The van der Waals surface area contributed by atoms with E-state index in [0.717, 1.165) is 0 Å². The van der Waals surface area contributed by atoms with E-state index in [1.807, 2.05) is 0 Å². The number of carboxylic acid groups (broad SMARTS) is 1. The first-order valence-electron chi connectivity index (χ1n) is 6.60. The van der Waals surface area contributed by atoms with Gasteiger partial charge in [0.2, 0.25) is 5.79 Å². The Hall–Kier alpha value is -2.54. The van der Waals surface area contributed by atoms with E-state index in [-0.39, 0.29) is 5.69 Å². The van der Waals surface area contributed by atoms with Crippen molar-refractivity contribution in [3.8, 4) is 22.8 Å². The predicted molar refractivity (Wildman–Crippen MR) is 81.3 cm³/mol. The molecule has 0 bridgehead atoms. The van der Waals surface area contributed by atoms with Crippen LogP contribution in [0.4, 0.5) is 10.1 Å². The van der Waals surface area contributed by atoms with Crippen molar-refractivity contribution >= 4 is 23.3 Å². The first kappa shape index (κ1) is 15.4. The first-order chi connectivity index (χ1) is 10.7. The Morgan fingerprint density at radius 2 is 2.00 bits per heavy atom. The normalized spacial score (nSPS) is 14.8. The van der Waals surface area contributed by atoms with E-state index >= 15 is 0 Å². The van der Waals surface area contributed by atoms with Crippen molar-refractivity contribution in [3.05, 3.63) is 34.7 Å². The van der Waals surface area contributed by atoms with Gasteiger partial charge in [-0.1, -0.05) is 11.6 Å². The molecule has 0 saturated heterocycles. The van der Waals surface area contributed by atoms with Crippen molar-refractivity contribution in [3.63, 3.8) is 0 Å². The minimum absolute atomic E-state index is 0.222. The van der Waals surface area contributed by atoms with Crippen LogP contribution in [-0.2, 0) is 0 Å². The highest BCUT2D eigenvalue weighted by atomic mass is 35.5. The Balaban J connectivity index is 2.16. The van der Waals surface area contributed by atoms with Crippen molar-refractivity contribution in [2.24, 2.45) is 0 Å². The fourth-order valence-corrected chi connectivity index (χ4v) is 2.47. The third-order valence-electron chi connectivity index (χ3n) is 3.24. The lowest BCUT2D eigenvalue weighted by molar-refractivity contribution is -0.0431. The number of benzene rings is 1. The third-order valence-corrected chi connectivity index (χ3v) is 3.63. The SMILES string of the molecule is CC1(C)Oc2ccc(-c3nc(C(=O)O)c(Cl)c(N)c3F)cc2O1. The van der Waals surface area contributed by atoms with Gasteiger partial charge >= 0.3 is 5.97 Å². The second-order valence-electron chi connectivity index (χ2n) is 5.42. The summed E-state index contributed by atoms with van der Waals surface area (Å²) in [6.45, 7) is 3.46. The van der Waals surface area contributed by atoms with Gasteiger partial charge < -0.3 is 20.3 Å². The molecule has 8 heteroatoms. The second-order valence-corrected chi connectivity index (χ2v) is 5.80. The highest BCUT2D eigenvalue weighted by Gasteiger charge is 2.32. The maximum Gasteiger partial charge on any atom is 0.356 e. The molecule has 0 radical (unpaired) electrons. The molecule has 3 N–H and O–H groups in total. The van der Waals surface area contributed by atoms with Gasteiger partial charge in [-0.05, 0) is 18.2 Å². The molecule has 1 aromatic carbocycles. The molecular formula is C15H12ClFN2O4. The van der Waals surface area contributed by atoms with Crippen LogP contribution in [0.2, 0.25) is 5.02 Å². The van der Waals surface area contributed by atoms with Gasteiger partial charge in [-0.25, -0.2) is 14.2 Å². The van der Waals surface area contributed by atoms with E-state index in [1.165, 1.54) is 12.1 Å². The van der Waals surface area contributed by atoms with Gasteiger partial charge in [-0.2, -0.15) is 0 Å². The lowest BCUT2D eigenvalue weighted by Crippen LogP contribution is -2.29. The molecule has 0 fully saturated rings. The molecule has 2 aromatic rings. The van der Waals surface area contributed by atoms with E-state index in [0.29, 0.717) is 17.1 Å². The van der Waals surface area contributed by atoms with Crippen LogP contribution in [-0.4, -0.2) is 21.8 Å². The fraction of sp³-hybridized carbons (Fsp3) is 0.200. The first-order valence-corrected chi connectivity index (χ1v) is 6.97. The summed E-state index contributed by atoms with van der Waals surface area (Å²) in [5.74, 6) is -2.22. The van der Waals surface area contributed by atoms with Gasteiger partial charge in [0.1, 0.15) is 5.69 Å². The van der Waals surface area contributed by atoms with Gasteiger partial charge in [-0.15, -0.1) is 0 Å². The molecule has 1 aromatic heterocycles. The molecule has 0 unspecified atom stereocenters. The Bertz CT molecular complexity index is 839. The van der Waals surface area contributed by atoms with Crippen LogP contribution in [0.15, 0.2) is 18.2 Å². The van der Waals surface area contributed by atoms with Crippen LogP contribution >= 0.6 is 11.6 Å². The summed E-state index contributed by atoms with van der Waals surface area (Å²) >= 11 is 5.73. The number of anilines is 1. The van der Waals surface area contributed by atoms with Gasteiger partial charge in [0, 0.05) is 19.4 Å². The number of nitrogens with two attached hydrogens (primary N) is 1. The third kappa shape index (κ3) is 2.53. The summed E-state index contributed by atoms with van der Waals surface area (Å²) in [5, 5.41) is 8.68. The Morgan fingerprint density at radius 1 is 1.35 bits per heavy atom. The summed E-state index contributed by atoms with van der Waals surface area (Å²) in [5.41, 5.74) is 4.65. The van der Waals surface area contributed by atoms with Crippen LogP contribution < -0.4 is 15.2 Å². The largest absolute Gasteiger partial charge is 0.476 e. The zero-order valence-corrected chi connectivity index (χ0v) is 12.9. The number of hydrogen-bond donors (Lipinski definition) is 2. The maximum absolute atomic E-state index is 14.4. The van der Waals surface area contributed by atoms with Crippen LogP contribution in [0.25, 0.3) is 11.3 Å². The molecule has 120 valence electrons. The number of ether oxygens (including phenoxy) is 2. The number of rotatable bonds is 2. The number of aromatic nitrogens is 1. The number of nitrogens with zero attached hydrogens (tertiary/aromatic N) is 1. The highest BCUT2D eigenvalue weighted by Crippen LogP contribution is 2.42.